The second-order valence-electron chi connectivity index (χ2n) is 4.56. The number of nitrogens with zero attached hydrogens (tertiary/aromatic N) is 1. The van der Waals surface area contributed by atoms with E-state index in [0.717, 1.165) is 25.3 Å². The van der Waals surface area contributed by atoms with Gasteiger partial charge in [-0.1, -0.05) is 12.1 Å². The van der Waals surface area contributed by atoms with Crippen LogP contribution in [0.15, 0.2) is 18.2 Å². The molecule has 0 saturated carbocycles. The Morgan fingerprint density at radius 3 is 2.56 bits per heavy atom. The molecule has 0 unspecified atom stereocenters. The van der Waals surface area contributed by atoms with Gasteiger partial charge in [-0.15, -0.1) is 0 Å². The van der Waals surface area contributed by atoms with Crippen molar-refractivity contribution in [2.75, 3.05) is 27.2 Å². The fourth-order valence-corrected chi connectivity index (χ4v) is 1.59. The largest absolute Gasteiger partial charge is 0.493 e. The lowest BCUT2D eigenvalue weighted by Gasteiger charge is -2.12. The van der Waals surface area contributed by atoms with Crippen LogP contribution in [-0.2, 0) is 0 Å². The summed E-state index contributed by atoms with van der Waals surface area (Å²) >= 11 is 0. The number of hydrogen-bond donors (Lipinski definition) is 0. The quantitative estimate of drug-likeness (QED) is 0.685. The van der Waals surface area contributed by atoms with Crippen molar-refractivity contribution in [3.05, 3.63) is 29.3 Å². The van der Waals surface area contributed by atoms with Crippen LogP contribution in [-0.4, -0.2) is 32.1 Å². The summed E-state index contributed by atoms with van der Waals surface area (Å²) in [6, 6.07) is 6.22. The molecule has 0 bridgehead atoms. The van der Waals surface area contributed by atoms with Crippen molar-refractivity contribution in [3.8, 4) is 5.75 Å². The zero-order chi connectivity index (χ0) is 12.0. The van der Waals surface area contributed by atoms with Crippen molar-refractivity contribution in [2.24, 2.45) is 0 Å². The summed E-state index contributed by atoms with van der Waals surface area (Å²) in [6.07, 6.45) is 2.31. The van der Waals surface area contributed by atoms with Crippen LogP contribution in [0.5, 0.6) is 5.75 Å². The van der Waals surface area contributed by atoms with Crippen molar-refractivity contribution in [1.29, 1.82) is 0 Å². The molecule has 0 aromatic heterocycles. The molecule has 16 heavy (non-hydrogen) atoms. The minimum Gasteiger partial charge on any atom is -0.493 e. The molecule has 2 nitrogen and oxygen atoms in total. The highest BCUT2D eigenvalue weighted by Gasteiger charge is 2.01. The first-order valence-corrected chi connectivity index (χ1v) is 5.95. The lowest BCUT2D eigenvalue weighted by Crippen LogP contribution is -2.13. The number of ether oxygens (including phenoxy) is 1. The molecule has 0 fully saturated rings. The zero-order valence-electron chi connectivity index (χ0n) is 10.9. The third-order valence-corrected chi connectivity index (χ3v) is 2.81. The lowest BCUT2D eigenvalue weighted by molar-refractivity contribution is 0.291. The molecule has 0 N–H and O–H groups in total. The number of aryl methyl sites for hydroxylation is 1. The summed E-state index contributed by atoms with van der Waals surface area (Å²) in [4.78, 5) is 2.21. The molecule has 0 heterocycles. The standard InChI is InChI=1S/C14H23NO/c1-12-8-7-9-14(13(12)2)16-11-6-5-10-15(3)4/h7-9H,5-6,10-11H2,1-4H3. The van der Waals surface area contributed by atoms with Gasteiger partial charge in [0.15, 0.2) is 0 Å². The molecular formula is C14H23NO. The normalized spacial score (nSPS) is 10.8. The molecule has 0 aliphatic rings. The molecule has 1 aromatic carbocycles. The van der Waals surface area contributed by atoms with Crippen molar-refractivity contribution in [1.82, 2.24) is 4.90 Å². The van der Waals surface area contributed by atoms with E-state index in [2.05, 4.69) is 45.0 Å². The first-order chi connectivity index (χ1) is 7.61. The first kappa shape index (κ1) is 13.0. The fraction of sp³-hybridized carbons (Fsp3) is 0.571. The molecular weight excluding hydrogens is 198 g/mol. The van der Waals surface area contributed by atoms with Crippen LogP contribution in [0.25, 0.3) is 0 Å². The highest BCUT2D eigenvalue weighted by Crippen LogP contribution is 2.20. The molecule has 0 amide bonds. The molecule has 0 aliphatic carbocycles. The van der Waals surface area contributed by atoms with E-state index in [4.69, 9.17) is 4.74 Å². The summed E-state index contributed by atoms with van der Waals surface area (Å²) in [7, 11) is 4.21. The average molecular weight is 221 g/mol. The van der Waals surface area contributed by atoms with Gasteiger partial charge in [-0.3, -0.25) is 0 Å². The maximum Gasteiger partial charge on any atom is 0.122 e. The second-order valence-corrected chi connectivity index (χ2v) is 4.56. The van der Waals surface area contributed by atoms with Crippen LogP contribution in [0.4, 0.5) is 0 Å². The Bertz CT molecular complexity index is 321. The van der Waals surface area contributed by atoms with E-state index in [1.54, 1.807) is 0 Å². The molecule has 1 rings (SSSR count). The molecule has 0 atom stereocenters. The van der Waals surface area contributed by atoms with E-state index >= 15 is 0 Å². The van der Waals surface area contributed by atoms with Gasteiger partial charge >= 0.3 is 0 Å². The minimum atomic E-state index is 0.818. The number of hydrogen-bond acceptors (Lipinski definition) is 2. The Hall–Kier alpha value is -1.02. The molecule has 0 radical (unpaired) electrons. The summed E-state index contributed by atoms with van der Waals surface area (Å²) in [5.41, 5.74) is 2.56. The topological polar surface area (TPSA) is 12.5 Å². The summed E-state index contributed by atoms with van der Waals surface area (Å²) in [6.45, 7) is 6.19. The van der Waals surface area contributed by atoms with Crippen LogP contribution < -0.4 is 4.74 Å². The maximum absolute atomic E-state index is 5.78. The predicted molar refractivity (Wildman–Crippen MR) is 69.2 cm³/mol. The van der Waals surface area contributed by atoms with Crippen LogP contribution in [0.3, 0.4) is 0 Å². The third-order valence-electron chi connectivity index (χ3n) is 2.81. The SMILES string of the molecule is Cc1cccc(OCCCCN(C)C)c1C. The second kappa shape index (κ2) is 6.54. The molecule has 0 spiro atoms. The molecule has 0 aliphatic heterocycles. The van der Waals surface area contributed by atoms with Crippen LogP contribution in [0, 0.1) is 13.8 Å². The van der Waals surface area contributed by atoms with E-state index in [1.807, 2.05) is 6.07 Å². The zero-order valence-corrected chi connectivity index (χ0v) is 10.9. The summed E-state index contributed by atoms with van der Waals surface area (Å²) in [5, 5.41) is 0. The van der Waals surface area contributed by atoms with Gasteiger partial charge in [-0.25, -0.2) is 0 Å². The first-order valence-electron chi connectivity index (χ1n) is 5.95. The smallest absolute Gasteiger partial charge is 0.122 e. The van der Waals surface area contributed by atoms with Gasteiger partial charge in [0, 0.05) is 0 Å². The Kier molecular flexibility index (Phi) is 5.33. The Morgan fingerprint density at radius 1 is 1.12 bits per heavy atom. The summed E-state index contributed by atoms with van der Waals surface area (Å²) < 4.78 is 5.78. The van der Waals surface area contributed by atoms with Crippen molar-refractivity contribution >= 4 is 0 Å². The number of benzene rings is 1. The average Bonchev–Trinajstić information content (AvgIpc) is 2.23. The monoisotopic (exact) mass is 221 g/mol. The van der Waals surface area contributed by atoms with Gasteiger partial charge in [-0.2, -0.15) is 0 Å². The predicted octanol–water partition coefficient (Wildman–Crippen LogP) is 3.02. The highest BCUT2D eigenvalue weighted by atomic mass is 16.5. The third kappa shape index (κ3) is 4.23. The van der Waals surface area contributed by atoms with Gasteiger partial charge in [0.05, 0.1) is 6.61 Å². The number of unbranched alkanes of at least 4 members (excludes halogenated alkanes) is 1. The van der Waals surface area contributed by atoms with Crippen molar-refractivity contribution in [3.63, 3.8) is 0 Å². The highest BCUT2D eigenvalue weighted by molar-refractivity contribution is 5.38. The van der Waals surface area contributed by atoms with Crippen LogP contribution in [0.1, 0.15) is 24.0 Å². The minimum absolute atomic E-state index is 0.818. The van der Waals surface area contributed by atoms with Crippen molar-refractivity contribution in [2.45, 2.75) is 26.7 Å². The van der Waals surface area contributed by atoms with E-state index in [9.17, 15) is 0 Å². The molecule has 1 aromatic rings. The maximum atomic E-state index is 5.78. The van der Waals surface area contributed by atoms with Crippen LogP contribution in [0.2, 0.25) is 0 Å². The molecule has 90 valence electrons. The Morgan fingerprint density at radius 2 is 1.88 bits per heavy atom. The Labute approximate surface area is 99.2 Å². The van der Waals surface area contributed by atoms with E-state index < -0.39 is 0 Å². The fourth-order valence-electron chi connectivity index (χ4n) is 1.59. The Balaban J connectivity index is 2.29. The van der Waals surface area contributed by atoms with Crippen molar-refractivity contribution < 1.29 is 4.74 Å². The van der Waals surface area contributed by atoms with Crippen LogP contribution >= 0.6 is 0 Å². The van der Waals surface area contributed by atoms with E-state index in [1.165, 1.54) is 17.5 Å². The number of rotatable bonds is 6. The van der Waals surface area contributed by atoms with E-state index in [0.29, 0.717) is 0 Å². The molecule has 0 saturated heterocycles. The van der Waals surface area contributed by atoms with Gasteiger partial charge in [0.2, 0.25) is 0 Å². The van der Waals surface area contributed by atoms with E-state index in [-0.39, 0.29) is 0 Å². The van der Waals surface area contributed by atoms with Gasteiger partial charge in [0.25, 0.3) is 0 Å². The van der Waals surface area contributed by atoms with Gasteiger partial charge in [0.1, 0.15) is 5.75 Å². The van der Waals surface area contributed by atoms with Gasteiger partial charge < -0.3 is 9.64 Å². The summed E-state index contributed by atoms with van der Waals surface area (Å²) in [5.74, 6) is 1.03. The molecule has 2 heteroatoms. The van der Waals surface area contributed by atoms with Gasteiger partial charge in [-0.05, 0) is 64.5 Å². The lowest BCUT2D eigenvalue weighted by atomic mass is 10.1.